The van der Waals surface area contributed by atoms with Crippen molar-refractivity contribution in [1.29, 1.82) is 0 Å². The summed E-state index contributed by atoms with van der Waals surface area (Å²) in [7, 11) is 0. The van der Waals surface area contributed by atoms with Crippen molar-refractivity contribution in [3.8, 4) is 0 Å². The largest absolute Gasteiger partial charge is 0.0737 e. The molecule has 1 saturated carbocycles. The van der Waals surface area contributed by atoms with Crippen LogP contribution in [0.1, 0.15) is 43.2 Å². The predicted molar refractivity (Wildman–Crippen MR) is 93.6 cm³/mol. The Bertz CT molecular complexity index is 634. The molecule has 0 heterocycles. The van der Waals surface area contributed by atoms with Crippen LogP contribution < -0.4 is 0 Å². The van der Waals surface area contributed by atoms with Gasteiger partial charge in [-0.05, 0) is 36.0 Å². The highest BCUT2D eigenvalue weighted by Gasteiger charge is 2.09. The summed E-state index contributed by atoms with van der Waals surface area (Å²) in [6.07, 6.45) is 8.95. The van der Waals surface area contributed by atoms with Crippen LogP contribution in [0.25, 0.3) is 5.57 Å². The van der Waals surface area contributed by atoms with Crippen LogP contribution in [0.3, 0.4) is 0 Å². The van der Waals surface area contributed by atoms with Crippen molar-refractivity contribution < 1.29 is 0 Å². The lowest BCUT2D eigenvalue weighted by Crippen LogP contribution is -2.01. The van der Waals surface area contributed by atoms with E-state index in [4.69, 9.17) is 0 Å². The molecule has 2 aromatic carbocycles. The van der Waals surface area contributed by atoms with Crippen LogP contribution in [-0.4, -0.2) is 0 Å². The molecular formula is C22H22. The molecule has 0 amide bonds. The van der Waals surface area contributed by atoms with Gasteiger partial charge in [0.15, 0.2) is 0 Å². The van der Waals surface area contributed by atoms with Gasteiger partial charge in [0.25, 0.3) is 0 Å². The molecule has 110 valence electrons. The Morgan fingerprint density at radius 2 is 1.32 bits per heavy atom. The van der Waals surface area contributed by atoms with Crippen LogP contribution >= 0.6 is 0 Å². The first kappa shape index (κ1) is 14.7. The smallest absolute Gasteiger partial charge is 0.0393 e. The standard InChI is InChI=1S/C22H22/c1-4-11-19(12-5-1)13-10-18-22(20-14-6-2-7-15-20)21-16-8-3-9-17-21/h2-3,6-9,13-17,19H,1,4-5,11-12H2. The third-order valence-corrected chi connectivity index (χ3v) is 4.29. The summed E-state index contributed by atoms with van der Waals surface area (Å²) in [6, 6.07) is 20.9. The fourth-order valence-corrected chi connectivity index (χ4v) is 3.05. The third kappa shape index (κ3) is 3.89. The Morgan fingerprint density at radius 3 is 1.86 bits per heavy atom. The van der Waals surface area contributed by atoms with Crippen LogP contribution in [0.4, 0.5) is 0 Å². The number of hydrogen-bond acceptors (Lipinski definition) is 0. The summed E-state index contributed by atoms with van der Waals surface area (Å²) in [5.74, 6) is 0.689. The molecule has 0 N–H and O–H groups in total. The number of allylic oxidation sites excluding steroid dienone is 1. The molecule has 22 heavy (non-hydrogen) atoms. The van der Waals surface area contributed by atoms with E-state index < -0.39 is 0 Å². The van der Waals surface area contributed by atoms with Crippen molar-refractivity contribution in [1.82, 2.24) is 0 Å². The van der Waals surface area contributed by atoms with Gasteiger partial charge in [-0.2, -0.15) is 0 Å². The van der Waals surface area contributed by atoms with E-state index >= 15 is 0 Å². The molecule has 1 aliphatic carbocycles. The minimum atomic E-state index is 0.689. The SMILES string of the molecule is C(=C=C(c1ccccc1)c1ccccc1)=CC1CCCCC1. The van der Waals surface area contributed by atoms with Crippen LogP contribution in [0.2, 0.25) is 0 Å². The minimum absolute atomic E-state index is 0.689. The van der Waals surface area contributed by atoms with Gasteiger partial charge in [-0.3, -0.25) is 0 Å². The van der Waals surface area contributed by atoms with E-state index in [0.29, 0.717) is 5.92 Å². The number of hydrogen-bond donors (Lipinski definition) is 0. The van der Waals surface area contributed by atoms with Crippen molar-refractivity contribution in [2.45, 2.75) is 32.1 Å². The lowest BCUT2D eigenvalue weighted by molar-refractivity contribution is 0.420. The summed E-state index contributed by atoms with van der Waals surface area (Å²) in [5, 5.41) is 0. The van der Waals surface area contributed by atoms with Gasteiger partial charge in [-0.1, -0.05) is 91.4 Å². The Balaban J connectivity index is 1.98. The summed E-state index contributed by atoms with van der Waals surface area (Å²) >= 11 is 0. The molecule has 0 atom stereocenters. The number of rotatable bonds is 3. The molecule has 1 fully saturated rings. The average Bonchev–Trinajstić information content (AvgIpc) is 2.61. The summed E-state index contributed by atoms with van der Waals surface area (Å²) < 4.78 is 0. The first-order valence-corrected chi connectivity index (χ1v) is 8.26. The Kier molecular flexibility index (Phi) is 5.11. The van der Waals surface area contributed by atoms with Crippen LogP contribution in [0.5, 0.6) is 0 Å². The molecule has 0 aromatic heterocycles. The fraction of sp³-hybridized carbons (Fsp3) is 0.273. The van der Waals surface area contributed by atoms with Crippen molar-refractivity contribution in [3.05, 3.63) is 89.3 Å². The number of benzene rings is 2. The topological polar surface area (TPSA) is 0 Å². The normalized spacial score (nSPS) is 14.7. The molecule has 0 spiro atoms. The maximum Gasteiger partial charge on any atom is 0.0393 e. The van der Waals surface area contributed by atoms with Gasteiger partial charge in [0, 0.05) is 5.57 Å². The van der Waals surface area contributed by atoms with E-state index in [-0.39, 0.29) is 0 Å². The molecular weight excluding hydrogens is 264 g/mol. The lowest BCUT2D eigenvalue weighted by atomic mass is 9.89. The quantitative estimate of drug-likeness (QED) is 0.606. The zero-order valence-electron chi connectivity index (χ0n) is 13.0. The molecule has 0 bridgehead atoms. The highest BCUT2D eigenvalue weighted by atomic mass is 14.1. The maximum absolute atomic E-state index is 3.41. The Morgan fingerprint density at radius 1 is 0.773 bits per heavy atom. The lowest BCUT2D eigenvalue weighted by Gasteiger charge is -2.16. The van der Waals surface area contributed by atoms with Gasteiger partial charge in [0.1, 0.15) is 0 Å². The van der Waals surface area contributed by atoms with Crippen molar-refractivity contribution in [2.75, 3.05) is 0 Å². The molecule has 1 aliphatic rings. The van der Waals surface area contributed by atoms with Crippen LogP contribution in [-0.2, 0) is 0 Å². The second-order valence-electron chi connectivity index (χ2n) is 5.94. The first-order chi connectivity index (χ1) is 10.9. The van der Waals surface area contributed by atoms with Gasteiger partial charge in [-0.15, -0.1) is 0 Å². The zero-order chi connectivity index (χ0) is 15.0. The second kappa shape index (κ2) is 7.66. The third-order valence-electron chi connectivity index (χ3n) is 4.29. The molecule has 0 radical (unpaired) electrons. The Hall–Kier alpha value is -2.26. The Labute approximate surface area is 133 Å². The van der Waals surface area contributed by atoms with E-state index in [9.17, 15) is 0 Å². The van der Waals surface area contributed by atoms with Crippen molar-refractivity contribution in [2.24, 2.45) is 5.92 Å². The predicted octanol–water partition coefficient (Wildman–Crippen LogP) is 6.01. The highest BCUT2D eigenvalue weighted by molar-refractivity contribution is 5.79. The average molecular weight is 286 g/mol. The minimum Gasteiger partial charge on any atom is -0.0737 e. The molecule has 0 nitrogen and oxygen atoms in total. The molecule has 0 heteroatoms. The zero-order valence-corrected chi connectivity index (χ0v) is 13.0. The maximum atomic E-state index is 3.41. The van der Waals surface area contributed by atoms with E-state index in [2.05, 4.69) is 66.1 Å². The van der Waals surface area contributed by atoms with E-state index in [1.54, 1.807) is 0 Å². The van der Waals surface area contributed by atoms with E-state index in [1.807, 2.05) is 12.1 Å². The molecule has 0 saturated heterocycles. The van der Waals surface area contributed by atoms with E-state index in [0.717, 1.165) is 5.57 Å². The van der Waals surface area contributed by atoms with Gasteiger partial charge in [-0.25, -0.2) is 0 Å². The highest BCUT2D eigenvalue weighted by Crippen LogP contribution is 2.25. The fourth-order valence-electron chi connectivity index (χ4n) is 3.05. The van der Waals surface area contributed by atoms with Gasteiger partial charge in [0.05, 0.1) is 0 Å². The monoisotopic (exact) mass is 286 g/mol. The molecule has 3 rings (SSSR count). The summed E-state index contributed by atoms with van der Waals surface area (Å²) in [6.45, 7) is 0. The first-order valence-electron chi connectivity index (χ1n) is 8.26. The van der Waals surface area contributed by atoms with Gasteiger partial charge in [0.2, 0.25) is 0 Å². The molecule has 0 unspecified atom stereocenters. The second-order valence-corrected chi connectivity index (χ2v) is 5.94. The molecule has 0 aliphatic heterocycles. The van der Waals surface area contributed by atoms with Crippen molar-refractivity contribution in [3.63, 3.8) is 0 Å². The van der Waals surface area contributed by atoms with Gasteiger partial charge < -0.3 is 0 Å². The van der Waals surface area contributed by atoms with Gasteiger partial charge >= 0.3 is 0 Å². The summed E-state index contributed by atoms with van der Waals surface area (Å²) in [5.41, 5.74) is 10.3. The molecule has 2 aromatic rings. The van der Waals surface area contributed by atoms with Crippen LogP contribution in [0, 0.1) is 5.92 Å². The van der Waals surface area contributed by atoms with Crippen molar-refractivity contribution >= 4 is 5.57 Å². The van der Waals surface area contributed by atoms with E-state index in [1.165, 1.54) is 43.2 Å². The summed E-state index contributed by atoms with van der Waals surface area (Å²) in [4.78, 5) is 0. The van der Waals surface area contributed by atoms with Crippen LogP contribution in [0.15, 0.2) is 78.2 Å².